The SMILES string of the molecule is Nc1cccc(S(=O)(=O)CCCCCCO)c1. The van der Waals surface area contributed by atoms with Crippen LogP contribution < -0.4 is 5.73 Å². The van der Waals surface area contributed by atoms with Crippen LogP contribution in [0.15, 0.2) is 29.2 Å². The highest BCUT2D eigenvalue weighted by Crippen LogP contribution is 2.16. The van der Waals surface area contributed by atoms with Crippen LogP contribution >= 0.6 is 0 Å². The number of hydrogen-bond acceptors (Lipinski definition) is 4. The molecule has 96 valence electrons. The molecule has 0 amide bonds. The van der Waals surface area contributed by atoms with Gasteiger partial charge in [0.1, 0.15) is 0 Å². The van der Waals surface area contributed by atoms with E-state index in [1.165, 1.54) is 6.07 Å². The van der Waals surface area contributed by atoms with Crippen LogP contribution in [-0.2, 0) is 9.84 Å². The molecule has 0 unspecified atom stereocenters. The van der Waals surface area contributed by atoms with Gasteiger partial charge in [-0.05, 0) is 31.0 Å². The van der Waals surface area contributed by atoms with E-state index in [2.05, 4.69) is 0 Å². The molecule has 17 heavy (non-hydrogen) atoms. The summed E-state index contributed by atoms with van der Waals surface area (Å²) in [5, 5.41) is 8.60. The van der Waals surface area contributed by atoms with Gasteiger partial charge < -0.3 is 10.8 Å². The van der Waals surface area contributed by atoms with Crippen molar-refractivity contribution in [1.82, 2.24) is 0 Å². The van der Waals surface area contributed by atoms with Gasteiger partial charge in [-0.1, -0.05) is 18.9 Å². The number of hydrogen-bond donors (Lipinski definition) is 2. The Balaban J connectivity index is 2.51. The van der Waals surface area contributed by atoms with Crippen molar-refractivity contribution in [2.45, 2.75) is 30.6 Å². The average molecular weight is 257 g/mol. The van der Waals surface area contributed by atoms with Crippen molar-refractivity contribution in [1.29, 1.82) is 0 Å². The van der Waals surface area contributed by atoms with Gasteiger partial charge in [-0.3, -0.25) is 0 Å². The fourth-order valence-corrected chi connectivity index (χ4v) is 3.00. The van der Waals surface area contributed by atoms with E-state index in [-0.39, 0.29) is 12.4 Å². The number of nitrogen functional groups attached to an aromatic ring is 1. The molecule has 0 radical (unpaired) electrons. The molecule has 4 nitrogen and oxygen atoms in total. The molecule has 3 N–H and O–H groups in total. The van der Waals surface area contributed by atoms with E-state index < -0.39 is 9.84 Å². The zero-order chi connectivity index (χ0) is 12.7. The summed E-state index contributed by atoms with van der Waals surface area (Å²) in [5.74, 6) is 0.141. The Morgan fingerprint density at radius 2 is 1.82 bits per heavy atom. The first kappa shape index (κ1) is 14.0. The standard InChI is InChI=1S/C12H19NO3S/c13-11-6-5-7-12(10-11)17(15,16)9-4-2-1-3-8-14/h5-7,10,14H,1-4,8-9,13H2. The van der Waals surface area contributed by atoms with Crippen molar-refractivity contribution in [3.8, 4) is 0 Å². The second-order valence-electron chi connectivity index (χ2n) is 4.03. The maximum absolute atomic E-state index is 11.9. The number of benzene rings is 1. The molecule has 1 aromatic carbocycles. The van der Waals surface area contributed by atoms with Crippen LogP contribution in [0, 0.1) is 0 Å². The molecule has 0 aromatic heterocycles. The maximum atomic E-state index is 11.9. The van der Waals surface area contributed by atoms with Crippen molar-refractivity contribution >= 4 is 15.5 Å². The van der Waals surface area contributed by atoms with Crippen molar-refractivity contribution in [2.75, 3.05) is 18.1 Å². The fraction of sp³-hybridized carbons (Fsp3) is 0.500. The minimum absolute atomic E-state index is 0.141. The highest BCUT2D eigenvalue weighted by molar-refractivity contribution is 7.91. The Kier molecular flexibility index (Phi) is 5.44. The second-order valence-corrected chi connectivity index (χ2v) is 6.14. The zero-order valence-corrected chi connectivity index (χ0v) is 10.6. The second kappa shape index (κ2) is 6.61. The molecular formula is C12H19NO3S. The average Bonchev–Trinajstić information content (AvgIpc) is 2.29. The molecule has 1 aromatic rings. The maximum Gasteiger partial charge on any atom is 0.178 e. The van der Waals surface area contributed by atoms with Crippen molar-refractivity contribution in [3.63, 3.8) is 0 Å². The van der Waals surface area contributed by atoms with Crippen LogP contribution in [-0.4, -0.2) is 25.9 Å². The van der Waals surface area contributed by atoms with Crippen LogP contribution in [0.5, 0.6) is 0 Å². The number of nitrogens with two attached hydrogens (primary N) is 1. The summed E-state index contributed by atoms with van der Waals surface area (Å²) in [4.78, 5) is 0.291. The topological polar surface area (TPSA) is 80.4 Å². The fourth-order valence-electron chi connectivity index (χ4n) is 1.58. The van der Waals surface area contributed by atoms with E-state index in [0.717, 1.165) is 19.3 Å². The zero-order valence-electron chi connectivity index (χ0n) is 9.80. The van der Waals surface area contributed by atoms with Gasteiger partial charge in [0.25, 0.3) is 0 Å². The predicted octanol–water partition coefficient (Wildman–Crippen LogP) is 1.60. The molecule has 0 heterocycles. The van der Waals surface area contributed by atoms with Gasteiger partial charge in [-0.25, -0.2) is 8.42 Å². The number of sulfone groups is 1. The van der Waals surface area contributed by atoms with Crippen molar-refractivity contribution in [2.24, 2.45) is 0 Å². The Hall–Kier alpha value is -1.07. The smallest absolute Gasteiger partial charge is 0.178 e. The highest BCUT2D eigenvalue weighted by Gasteiger charge is 2.13. The van der Waals surface area contributed by atoms with Crippen molar-refractivity contribution < 1.29 is 13.5 Å². The molecule has 1 rings (SSSR count). The Morgan fingerprint density at radius 1 is 1.12 bits per heavy atom. The summed E-state index contributed by atoms with van der Waals surface area (Å²) < 4.78 is 23.8. The van der Waals surface area contributed by atoms with Crippen LogP contribution in [0.25, 0.3) is 0 Å². The first-order valence-electron chi connectivity index (χ1n) is 5.75. The van der Waals surface area contributed by atoms with Crippen molar-refractivity contribution in [3.05, 3.63) is 24.3 Å². The minimum atomic E-state index is -3.21. The summed E-state index contributed by atoms with van der Waals surface area (Å²) >= 11 is 0. The van der Waals surface area contributed by atoms with E-state index in [9.17, 15) is 8.42 Å². The lowest BCUT2D eigenvalue weighted by molar-refractivity contribution is 0.283. The molecular weight excluding hydrogens is 238 g/mol. The third kappa shape index (κ3) is 4.75. The monoisotopic (exact) mass is 257 g/mol. The molecule has 0 bridgehead atoms. The lowest BCUT2D eigenvalue weighted by Gasteiger charge is -2.05. The molecule has 0 atom stereocenters. The van der Waals surface area contributed by atoms with E-state index in [0.29, 0.717) is 17.0 Å². The van der Waals surface area contributed by atoms with Crippen LogP contribution in [0.1, 0.15) is 25.7 Å². The van der Waals surface area contributed by atoms with Gasteiger partial charge in [-0.2, -0.15) is 0 Å². The van der Waals surface area contributed by atoms with Crippen LogP contribution in [0.4, 0.5) is 5.69 Å². The predicted molar refractivity (Wildman–Crippen MR) is 68.5 cm³/mol. The van der Waals surface area contributed by atoms with Crippen LogP contribution in [0.3, 0.4) is 0 Å². The Morgan fingerprint density at radius 3 is 2.47 bits per heavy atom. The summed E-state index contributed by atoms with van der Waals surface area (Å²) in [6.07, 6.45) is 3.04. The number of aliphatic hydroxyl groups is 1. The lowest BCUT2D eigenvalue weighted by atomic mass is 10.2. The molecule has 0 aliphatic carbocycles. The molecule has 0 saturated heterocycles. The summed E-state index contributed by atoms with van der Waals surface area (Å²) in [7, 11) is -3.21. The van der Waals surface area contributed by atoms with Gasteiger partial charge in [-0.15, -0.1) is 0 Å². The van der Waals surface area contributed by atoms with Crippen LogP contribution in [0.2, 0.25) is 0 Å². The first-order chi connectivity index (χ1) is 8.06. The third-order valence-corrected chi connectivity index (χ3v) is 4.34. The molecule has 5 heteroatoms. The number of rotatable bonds is 7. The van der Waals surface area contributed by atoms with Gasteiger partial charge in [0.2, 0.25) is 0 Å². The van der Waals surface area contributed by atoms with E-state index >= 15 is 0 Å². The van der Waals surface area contributed by atoms with Gasteiger partial charge in [0, 0.05) is 12.3 Å². The molecule has 0 saturated carbocycles. The molecule has 0 aliphatic rings. The molecule has 0 spiro atoms. The van der Waals surface area contributed by atoms with Gasteiger partial charge in [0.05, 0.1) is 10.6 Å². The lowest BCUT2D eigenvalue weighted by Crippen LogP contribution is -2.07. The number of unbranched alkanes of at least 4 members (excludes halogenated alkanes) is 3. The molecule has 0 aliphatic heterocycles. The van der Waals surface area contributed by atoms with E-state index in [4.69, 9.17) is 10.8 Å². The molecule has 0 fully saturated rings. The summed E-state index contributed by atoms with van der Waals surface area (Å²) in [5.41, 5.74) is 6.02. The minimum Gasteiger partial charge on any atom is -0.399 e. The largest absolute Gasteiger partial charge is 0.399 e. The summed E-state index contributed by atoms with van der Waals surface area (Å²) in [6, 6.07) is 6.37. The number of aliphatic hydroxyl groups excluding tert-OH is 1. The van der Waals surface area contributed by atoms with E-state index in [1.807, 2.05) is 0 Å². The third-order valence-electron chi connectivity index (χ3n) is 2.54. The Bertz CT molecular complexity index is 443. The highest BCUT2D eigenvalue weighted by atomic mass is 32.2. The van der Waals surface area contributed by atoms with Gasteiger partial charge in [0.15, 0.2) is 9.84 Å². The first-order valence-corrected chi connectivity index (χ1v) is 7.40. The normalized spacial score (nSPS) is 11.6. The number of anilines is 1. The van der Waals surface area contributed by atoms with E-state index in [1.54, 1.807) is 18.2 Å². The Labute approximate surface area is 102 Å². The van der Waals surface area contributed by atoms with Gasteiger partial charge >= 0.3 is 0 Å². The quantitative estimate of drug-likeness (QED) is 0.574. The summed E-state index contributed by atoms with van der Waals surface area (Å²) in [6.45, 7) is 0.169.